The minimum Gasteiger partial charge on any atom is -0.494 e. The molecule has 6 nitrogen and oxygen atoms in total. The molecule has 0 unspecified atom stereocenters. The maximum Gasteiger partial charge on any atom is 0.226 e. The van der Waals surface area contributed by atoms with Crippen LogP contribution in [0.1, 0.15) is 18.9 Å². The number of hydrogen-bond donors (Lipinski definition) is 1. The largest absolute Gasteiger partial charge is 0.494 e. The van der Waals surface area contributed by atoms with E-state index in [9.17, 15) is 10.1 Å². The van der Waals surface area contributed by atoms with Gasteiger partial charge in [0.1, 0.15) is 16.8 Å². The molecule has 170 valence electrons. The van der Waals surface area contributed by atoms with E-state index in [-0.39, 0.29) is 12.3 Å². The second-order valence-corrected chi connectivity index (χ2v) is 9.11. The number of carbonyl (C=O) groups excluding carboxylic acids is 1. The van der Waals surface area contributed by atoms with Crippen molar-refractivity contribution in [3.63, 3.8) is 0 Å². The highest BCUT2D eigenvalue weighted by Crippen LogP contribution is 2.28. The van der Waals surface area contributed by atoms with Crippen LogP contribution in [0.5, 0.6) is 5.75 Å². The fourth-order valence-corrected chi connectivity index (χ4v) is 4.83. The molecule has 4 rings (SSSR count). The Balaban J connectivity index is 1.33. The standard InChI is InChI=1S/C26H22N4O2S2/c1-2-32-21-11-8-19(9-12-21)23-17-34-26(29-23)30-24(31)14-15-33-25-20(16-27)10-13-22(28-25)18-6-4-3-5-7-18/h3-13,17H,2,14-15H2,1H3,(H,29,30,31). The number of nitrogens with one attached hydrogen (secondary N) is 1. The predicted octanol–water partition coefficient (Wildman–Crippen LogP) is 6.26. The van der Waals surface area contributed by atoms with E-state index in [1.54, 1.807) is 6.07 Å². The van der Waals surface area contributed by atoms with E-state index in [1.165, 1.54) is 23.1 Å². The molecule has 0 saturated heterocycles. The number of benzene rings is 2. The van der Waals surface area contributed by atoms with E-state index in [0.717, 1.165) is 28.3 Å². The van der Waals surface area contributed by atoms with Crippen LogP contribution >= 0.6 is 23.1 Å². The van der Waals surface area contributed by atoms with E-state index in [1.807, 2.05) is 73.0 Å². The van der Waals surface area contributed by atoms with E-state index in [4.69, 9.17) is 4.74 Å². The predicted molar refractivity (Wildman–Crippen MR) is 137 cm³/mol. The molecule has 2 heterocycles. The van der Waals surface area contributed by atoms with Gasteiger partial charge in [-0.25, -0.2) is 9.97 Å². The molecule has 2 aromatic heterocycles. The van der Waals surface area contributed by atoms with Gasteiger partial charge in [-0.15, -0.1) is 23.1 Å². The second kappa shape index (κ2) is 11.5. The smallest absolute Gasteiger partial charge is 0.226 e. The van der Waals surface area contributed by atoms with Gasteiger partial charge in [-0.05, 0) is 43.3 Å². The van der Waals surface area contributed by atoms with E-state index in [0.29, 0.717) is 28.1 Å². The van der Waals surface area contributed by atoms with Crippen LogP contribution < -0.4 is 10.1 Å². The summed E-state index contributed by atoms with van der Waals surface area (Å²) in [6, 6.07) is 23.3. The first-order chi connectivity index (χ1) is 16.7. The fraction of sp³-hybridized carbons (Fsp3) is 0.154. The third-order valence-corrected chi connectivity index (χ3v) is 6.58. The molecule has 4 aromatic rings. The second-order valence-electron chi connectivity index (χ2n) is 7.17. The summed E-state index contributed by atoms with van der Waals surface area (Å²) < 4.78 is 5.47. The number of carbonyl (C=O) groups is 1. The summed E-state index contributed by atoms with van der Waals surface area (Å²) in [6.45, 7) is 2.57. The Morgan fingerprint density at radius 2 is 1.79 bits per heavy atom. The quantitative estimate of drug-likeness (QED) is 0.281. The number of rotatable bonds is 9. The maximum absolute atomic E-state index is 12.4. The highest BCUT2D eigenvalue weighted by Gasteiger charge is 2.11. The minimum atomic E-state index is -0.127. The highest BCUT2D eigenvalue weighted by molar-refractivity contribution is 7.99. The number of nitrogens with zero attached hydrogens (tertiary/aromatic N) is 3. The van der Waals surface area contributed by atoms with Gasteiger partial charge >= 0.3 is 0 Å². The van der Waals surface area contributed by atoms with Gasteiger partial charge < -0.3 is 10.1 Å². The normalized spacial score (nSPS) is 10.5. The van der Waals surface area contributed by atoms with Crippen LogP contribution in [0.2, 0.25) is 0 Å². The number of nitriles is 1. The van der Waals surface area contributed by atoms with Gasteiger partial charge in [0.25, 0.3) is 0 Å². The molecule has 8 heteroatoms. The lowest BCUT2D eigenvalue weighted by molar-refractivity contribution is -0.115. The van der Waals surface area contributed by atoms with Crippen LogP contribution in [0.15, 0.2) is 77.1 Å². The summed E-state index contributed by atoms with van der Waals surface area (Å²) >= 11 is 2.79. The van der Waals surface area contributed by atoms with E-state index >= 15 is 0 Å². The lowest BCUT2D eigenvalue weighted by Gasteiger charge is -2.07. The molecule has 0 aliphatic rings. The molecule has 0 fully saturated rings. The van der Waals surface area contributed by atoms with Crippen LogP contribution in [-0.4, -0.2) is 28.2 Å². The van der Waals surface area contributed by atoms with Crippen molar-refractivity contribution in [2.24, 2.45) is 0 Å². The molecule has 1 N–H and O–H groups in total. The van der Waals surface area contributed by atoms with Crippen molar-refractivity contribution in [1.82, 2.24) is 9.97 Å². The topological polar surface area (TPSA) is 87.9 Å². The van der Waals surface area contributed by atoms with Crippen molar-refractivity contribution >= 4 is 34.1 Å². The van der Waals surface area contributed by atoms with Gasteiger partial charge in [0.05, 0.1) is 23.6 Å². The third kappa shape index (κ3) is 6.01. The van der Waals surface area contributed by atoms with E-state index in [2.05, 4.69) is 21.4 Å². The lowest BCUT2D eigenvalue weighted by atomic mass is 10.1. The average molecular weight is 487 g/mol. The number of amides is 1. The molecule has 1 amide bonds. The van der Waals surface area contributed by atoms with Crippen molar-refractivity contribution in [2.75, 3.05) is 17.7 Å². The summed E-state index contributed by atoms with van der Waals surface area (Å²) in [5.41, 5.74) is 4.06. The molecule has 0 radical (unpaired) electrons. The number of pyridine rings is 1. The molecule has 2 aromatic carbocycles. The zero-order valence-electron chi connectivity index (χ0n) is 18.5. The van der Waals surface area contributed by atoms with Crippen molar-refractivity contribution in [2.45, 2.75) is 18.4 Å². The van der Waals surface area contributed by atoms with Gasteiger partial charge in [0.15, 0.2) is 5.13 Å². The van der Waals surface area contributed by atoms with Crippen LogP contribution in [0, 0.1) is 11.3 Å². The zero-order valence-corrected chi connectivity index (χ0v) is 20.2. The number of ether oxygens (including phenoxy) is 1. The number of thiazole rings is 1. The van der Waals surface area contributed by atoms with Crippen molar-refractivity contribution in [3.8, 4) is 34.3 Å². The lowest BCUT2D eigenvalue weighted by Crippen LogP contribution is -2.12. The van der Waals surface area contributed by atoms with Crippen molar-refractivity contribution < 1.29 is 9.53 Å². The van der Waals surface area contributed by atoms with Crippen LogP contribution in [0.25, 0.3) is 22.5 Å². The average Bonchev–Trinajstić information content (AvgIpc) is 3.33. The summed E-state index contributed by atoms with van der Waals surface area (Å²) in [5.74, 6) is 1.19. The minimum absolute atomic E-state index is 0.127. The first kappa shape index (κ1) is 23.5. The Bertz CT molecular complexity index is 1300. The third-order valence-electron chi connectivity index (χ3n) is 4.83. The first-order valence-corrected chi connectivity index (χ1v) is 12.6. The van der Waals surface area contributed by atoms with Crippen molar-refractivity contribution in [3.05, 3.63) is 77.7 Å². The molecule has 0 atom stereocenters. The summed E-state index contributed by atoms with van der Waals surface area (Å²) in [6.07, 6.45) is 0.282. The molecule has 0 aliphatic carbocycles. The zero-order chi connectivity index (χ0) is 23.8. The monoisotopic (exact) mass is 486 g/mol. The van der Waals surface area contributed by atoms with Crippen LogP contribution in [0.3, 0.4) is 0 Å². The van der Waals surface area contributed by atoms with Gasteiger partial charge in [-0.1, -0.05) is 30.3 Å². The summed E-state index contributed by atoms with van der Waals surface area (Å²) in [7, 11) is 0. The number of anilines is 1. The molecule has 0 aliphatic heterocycles. The van der Waals surface area contributed by atoms with Crippen LogP contribution in [-0.2, 0) is 4.79 Å². The number of hydrogen-bond acceptors (Lipinski definition) is 7. The Kier molecular flexibility index (Phi) is 7.91. The van der Waals surface area contributed by atoms with Gasteiger partial charge in [0.2, 0.25) is 5.91 Å². The fourth-order valence-electron chi connectivity index (χ4n) is 3.18. The van der Waals surface area contributed by atoms with Crippen molar-refractivity contribution in [1.29, 1.82) is 5.26 Å². The maximum atomic E-state index is 12.4. The van der Waals surface area contributed by atoms with Gasteiger partial charge in [0, 0.05) is 28.7 Å². The van der Waals surface area contributed by atoms with Crippen LogP contribution in [0.4, 0.5) is 5.13 Å². The highest BCUT2D eigenvalue weighted by atomic mass is 32.2. The molecular weight excluding hydrogens is 464 g/mol. The SMILES string of the molecule is CCOc1ccc(-c2csc(NC(=O)CCSc3nc(-c4ccccc4)ccc3C#N)n2)cc1. The van der Waals surface area contributed by atoms with Gasteiger partial charge in [-0.3, -0.25) is 4.79 Å². The molecule has 34 heavy (non-hydrogen) atoms. The summed E-state index contributed by atoms with van der Waals surface area (Å²) in [5, 5.41) is 15.4. The Labute approximate surface area is 206 Å². The Morgan fingerprint density at radius 3 is 2.53 bits per heavy atom. The number of aromatic nitrogens is 2. The molecule has 0 spiro atoms. The summed E-state index contributed by atoms with van der Waals surface area (Å²) in [4.78, 5) is 21.6. The number of thioether (sulfide) groups is 1. The molecular formula is C26H22N4O2S2. The van der Waals surface area contributed by atoms with E-state index < -0.39 is 0 Å². The first-order valence-electron chi connectivity index (χ1n) is 10.7. The molecule has 0 saturated carbocycles. The Hall–Kier alpha value is -3.67. The molecule has 0 bridgehead atoms. The van der Waals surface area contributed by atoms with Gasteiger partial charge in [-0.2, -0.15) is 5.26 Å². The Morgan fingerprint density at radius 1 is 1.03 bits per heavy atom.